The maximum Gasteiger partial charge on any atom is 0.330 e. The zero-order valence-electron chi connectivity index (χ0n) is 15.4. The summed E-state index contributed by atoms with van der Waals surface area (Å²) in [6.45, 7) is 5.33. The number of imide groups is 1. The number of esters is 1. The van der Waals surface area contributed by atoms with E-state index in [1.165, 1.54) is 12.0 Å². The number of amides is 3. The van der Waals surface area contributed by atoms with Crippen LogP contribution < -0.4 is 0 Å². The van der Waals surface area contributed by atoms with Crippen molar-refractivity contribution in [3.05, 3.63) is 11.6 Å². The van der Waals surface area contributed by atoms with E-state index < -0.39 is 24.6 Å². The molecule has 8 nitrogen and oxygen atoms in total. The van der Waals surface area contributed by atoms with Crippen LogP contribution in [-0.4, -0.2) is 60.9 Å². The van der Waals surface area contributed by atoms with E-state index in [1.54, 1.807) is 6.21 Å². The molecule has 3 amide bonds. The highest BCUT2D eigenvalue weighted by Gasteiger charge is 2.61. The number of rotatable bonds is 7. The van der Waals surface area contributed by atoms with Crippen molar-refractivity contribution < 1.29 is 24.0 Å². The Morgan fingerprint density at radius 1 is 1.46 bits per heavy atom. The number of hydrogen-bond donors (Lipinski definition) is 0. The van der Waals surface area contributed by atoms with Crippen LogP contribution in [0.3, 0.4) is 0 Å². The number of carbonyl (C=O) groups excluding carboxylic acids is 3. The fourth-order valence-electron chi connectivity index (χ4n) is 3.07. The number of carbonyl (C=O) groups is 3. The van der Waals surface area contributed by atoms with Gasteiger partial charge >= 0.3 is 12.0 Å². The van der Waals surface area contributed by atoms with Crippen molar-refractivity contribution in [2.24, 2.45) is 22.4 Å². The summed E-state index contributed by atoms with van der Waals surface area (Å²) < 4.78 is 5.23. The maximum absolute atomic E-state index is 12.4. The van der Waals surface area contributed by atoms with E-state index in [0.29, 0.717) is 0 Å². The van der Waals surface area contributed by atoms with Crippen molar-refractivity contribution >= 4 is 24.1 Å². The Bertz CT molecular complexity index is 704. The van der Waals surface area contributed by atoms with Crippen molar-refractivity contribution in [2.75, 3.05) is 26.9 Å². The van der Waals surface area contributed by atoms with E-state index in [9.17, 15) is 14.4 Å². The molecule has 26 heavy (non-hydrogen) atoms. The molecule has 1 aliphatic carbocycles. The lowest BCUT2D eigenvalue weighted by Gasteiger charge is -2.15. The highest BCUT2D eigenvalue weighted by molar-refractivity contribution is 6.02. The standard InChI is InChI=1S/C18H23N3O5/c1-6-7-20-10-14(22)21(17(20)24)11-26-16(23)15-13(18(15,3)4)8-12(2)9-19-25-5/h1,8-9,13,15H,7,10-11H2,2-5H3/b12-8+,19-9?/t13-,15+/m1/s1. The summed E-state index contributed by atoms with van der Waals surface area (Å²) in [6, 6.07) is -0.543. The molecule has 2 rings (SSSR count). The first-order valence-electron chi connectivity index (χ1n) is 8.18. The highest BCUT2D eigenvalue weighted by atomic mass is 16.6. The molecule has 1 saturated carbocycles. The average molecular weight is 361 g/mol. The molecule has 2 aliphatic rings. The molecule has 0 radical (unpaired) electrons. The first kappa shape index (κ1) is 19.5. The molecule has 0 spiro atoms. The van der Waals surface area contributed by atoms with Gasteiger partial charge in [-0.15, -0.1) is 6.42 Å². The largest absolute Gasteiger partial charge is 0.443 e. The van der Waals surface area contributed by atoms with Gasteiger partial charge in [-0.3, -0.25) is 9.59 Å². The first-order valence-corrected chi connectivity index (χ1v) is 8.18. The Morgan fingerprint density at radius 2 is 2.15 bits per heavy atom. The Hall–Kier alpha value is -2.82. The first-order chi connectivity index (χ1) is 12.2. The van der Waals surface area contributed by atoms with E-state index in [2.05, 4.69) is 15.9 Å². The SMILES string of the molecule is C#CCN1CC(=O)N(COC(=O)[C@@H]2[C@@H](/C=C(\C)C=NOC)C2(C)C)C1=O. The summed E-state index contributed by atoms with van der Waals surface area (Å²) in [6.07, 6.45) is 8.67. The Kier molecular flexibility index (Phi) is 5.70. The van der Waals surface area contributed by atoms with E-state index in [4.69, 9.17) is 11.2 Å². The lowest BCUT2D eigenvalue weighted by Crippen LogP contribution is -2.36. The van der Waals surface area contributed by atoms with Gasteiger partial charge in [0.15, 0.2) is 6.73 Å². The maximum atomic E-state index is 12.4. The number of allylic oxidation sites excluding steroid dienone is 2. The minimum absolute atomic E-state index is 0.0128. The van der Waals surface area contributed by atoms with Gasteiger partial charge in [0.1, 0.15) is 13.7 Å². The number of terminal acetylenes is 1. The van der Waals surface area contributed by atoms with Crippen LogP contribution in [0, 0.1) is 29.6 Å². The molecule has 0 N–H and O–H groups in total. The predicted octanol–water partition coefficient (Wildman–Crippen LogP) is 1.24. The average Bonchev–Trinajstić information content (AvgIpc) is 3.00. The Labute approximate surface area is 152 Å². The number of oxime groups is 1. The van der Waals surface area contributed by atoms with Crippen molar-refractivity contribution in [2.45, 2.75) is 20.8 Å². The summed E-state index contributed by atoms with van der Waals surface area (Å²) in [7, 11) is 1.46. The zero-order chi connectivity index (χ0) is 19.5. The lowest BCUT2D eigenvalue weighted by atomic mass is 10.1. The second-order valence-electron chi connectivity index (χ2n) is 6.91. The molecule has 140 valence electrons. The van der Waals surface area contributed by atoms with Gasteiger partial charge in [0.2, 0.25) is 0 Å². The number of ether oxygens (including phenoxy) is 1. The second kappa shape index (κ2) is 7.60. The van der Waals surface area contributed by atoms with Crippen molar-refractivity contribution in [3.8, 4) is 12.3 Å². The van der Waals surface area contributed by atoms with E-state index >= 15 is 0 Å². The van der Waals surface area contributed by atoms with Crippen LogP contribution >= 0.6 is 0 Å². The van der Waals surface area contributed by atoms with Crippen molar-refractivity contribution in [1.29, 1.82) is 0 Å². The third kappa shape index (κ3) is 3.87. The van der Waals surface area contributed by atoms with Gasteiger partial charge in [-0.1, -0.05) is 31.0 Å². The van der Waals surface area contributed by atoms with Crippen LogP contribution in [0.4, 0.5) is 4.79 Å². The van der Waals surface area contributed by atoms with Crippen LogP contribution in [0.5, 0.6) is 0 Å². The summed E-state index contributed by atoms with van der Waals surface area (Å²) in [5.41, 5.74) is 0.600. The minimum Gasteiger partial charge on any atom is -0.443 e. The molecule has 2 fully saturated rings. The van der Waals surface area contributed by atoms with Gasteiger partial charge < -0.3 is 14.5 Å². The smallest absolute Gasteiger partial charge is 0.330 e. The van der Waals surface area contributed by atoms with Crippen molar-refractivity contribution in [1.82, 2.24) is 9.80 Å². The predicted molar refractivity (Wildman–Crippen MR) is 93.6 cm³/mol. The number of nitrogens with zero attached hydrogens (tertiary/aromatic N) is 3. The molecule has 1 saturated heterocycles. The molecule has 8 heteroatoms. The van der Waals surface area contributed by atoms with Gasteiger partial charge in [-0.2, -0.15) is 0 Å². The summed E-state index contributed by atoms with van der Waals surface area (Å²) in [5, 5.41) is 3.69. The van der Waals surface area contributed by atoms with Crippen LogP contribution in [0.15, 0.2) is 16.8 Å². The highest BCUT2D eigenvalue weighted by Crippen LogP contribution is 2.59. The zero-order valence-corrected chi connectivity index (χ0v) is 15.4. The number of hydrogen-bond acceptors (Lipinski definition) is 6. The topological polar surface area (TPSA) is 88.5 Å². The molecule has 0 aromatic carbocycles. The molecular formula is C18H23N3O5. The third-order valence-electron chi connectivity index (χ3n) is 4.72. The van der Waals surface area contributed by atoms with Gasteiger partial charge in [0.05, 0.1) is 18.7 Å². The third-order valence-corrected chi connectivity index (χ3v) is 4.72. The van der Waals surface area contributed by atoms with E-state index in [0.717, 1.165) is 10.5 Å². The Morgan fingerprint density at radius 3 is 2.77 bits per heavy atom. The van der Waals surface area contributed by atoms with Crippen LogP contribution in [0.1, 0.15) is 20.8 Å². The number of urea groups is 1. The molecule has 0 unspecified atom stereocenters. The molecule has 0 bridgehead atoms. The summed E-state index contributed by atoms with van der Waals surface area (Å²) in [4.78, 5) is 43.1. The summed E-state index contributed by atoms with van der Waals surface area (Å²) >= 11 is 0. The van der Waals surface area contributed by atoms with Crippen LogP contribution in [0.2, 0.25) is 0 Å². The fraction of sp³-hybridized carbons (Fsp3) is 0.556. The molecule has 1 heterocycles. The van der Waals surface area contributed by atoms with Crippen molar-refractivity contribution in [3.63, 3.8) is 0 Å². The van der Waals surface area contributed by atoms with Gasteiger partial charge in [0, 0.05) is 0 Å². The lowest BCUT2D eigenvalue weighted by molar-refractivity contribution is -0.151. The summed E-state index contributed by atoms with van der Waals surface area (Å²) in [5.74, 6) is 1.08. The van der Waals surface area contributed by atoms with Gasteiger partial charge in [-0.25, -0.2) is 9.69 Å². The quantitative estimate of drug-likeness (QED) is 0.224. The minimum atomic E-state index is -0.543. The van der Waals surface area contributed by atoms with Crippen LogP contribution in [0.25, 0.3) is 0 Å². The monoisotopic (exact) mass is 361 g/mol. The van der Waals surface area contributed by atoms with Crippen LogP contribution in [-0.2, 0) is 19.2 Å². The molecule has 0 aromatic rings. The Balaban J connectivity index is 1.94. The molecule has 1 aliphatic heterocycles. The fourth-order valence-corrected chi connectivity index (χ4v) is 3.07. The normalized spacial score (nSPS) is 24.8. The van der Waals surface area contributed by atoms with E-state index in [1.807, 2.05) is 26.8 Å². The second-order valence-corrected chi connectivity index (χ2v) is 6.91. The molecule has 0 aromatic heterocycles. The van der Waals surface area contributed by atoms with Gasteiger partial charge in [0.25, 0.3) is 5.91 Å². The van der Waals surface area contributed by atoms with E-state index in [-0.39, 0.29) is 30.3 Å². The van der Waals surface area contributed by atoms with Gasteiger partial charge in [-0.05, 0) is 23.8 Å². The molecule has 2 atom stereocenters. The molecular weight excluding hydrogens is 338 g/mol.